The summed E-state index contributed by atoms with van der Waals surface area (Å²) < 4.78 is 5.51. The van der Waals surface area contributed by atoms with Crippen LogP contribution in [-0.2, 0) is 4.79 Å². The van der Waals surface area contributed by atoms with E-state index < -0.39 is 5.97 Å². The molecule has 0 bridgehead atoms. The van der Waals surface area contributed by atoms with Gasteiger partial charge >= 0.3 is 5.97 Å². The van der Waals surface area contributed by atoms with Crippen LogP contribution in [0.1, 0.15) is 85.0 Å². The van der Waals surface area contributed by atoms with Gasteiger partial charge in [-0.3, -0.25) is 4.79 Å². The SMILES string of the molecule is C[C@H](CCC(=O)Oc1c(Cl)c(Cl)c(Cl)c(Cl)c1Cl)[C@H]1CC[C@H]2[C@@H]3[C@H](O)C[C@@H]4C[C@H](O)CC[C@]4(C)[C@H]3CC[C@]12C. The molecule has 4 aliphatic rings. The molecule has 9 heteroatoms. The first kappa shape index (κ1) is 30.5. The second-order valence-corrected chi connectivity index (χ2v) is 15.2. The Morgan fingerprint density at radius 3 is 2.13 bits per heavy atom. The van der Waals surface area contributed by atoms with Crippen molar-refractivity contribution in [2.75, 3.05) is 0 Å². The second-order valence-electron chi connectivity index (χ2n) is 13.3. The van der Waals surface area contributed by atoms with E-state index in [0.29, 0.717) is 41.9 Å². The standard InChI is InChI=1S/C30H39Cl5O4/c1-14(4-7-21(38)39-28-26(34)24(32)23(31)25(33)27(28)35)17-5-6-18-22-19(9-11-30(17,18)3)29(2)10-8-16(36)12-15(29)13-20(22)37/h14-20,22,36-37H,4-13H2,1-3H3/t14-,15+,16-,17-,18+,19+,20-,22+,29+,30-/m1/s1. The minimum Gasteiger partial charge on any atom is -0.423 e. The topological polar surface area (TPSA) is 66.8 Å². The number of benzene rings is 1. The molecule has 0 amide bonds. The average molecular weight is 641 g/mol. The van der Waals surface area contributed by atoms with E-state index >= 15 is 0 Å². The van der Waals surface area contributed by atoms with Crippen LogP contribution >= 0.6 is 58.0 Å². The van der Waals surface area contributed by atoms with Crippen molar-refractivity contribution in [2.24, 2.45) is 46.3 Å². The molecule has 39 heavy (non-hydrogen) atoms. The Hall–Kier alpha value is 0.0600. The van der Waals surface area contributed by atoms with Crippen molar-refractivity contribution in [3.05, 3.63) is 25.1 Å². The van der Waals surface area contributed by atoms with Crippen LogP contribution in [0.2, 0.25) is 25.1 Å². The molecular formula is C30H39Cl5O4. The molecule has 5 rings (SSSR count). The van der Waals surface area contributed by atoms with E-state index in [-0.39, 0.29) is 60.3 Å². The number of aliphatic hydroxyl groups is 2. The minimum atomic E-state index is -0.440. The summed E-state index contributed by atoms with van der Waals surface area (Å²) in [7, 11) is 0. The van der Waals surface area contributed by atoms with Crippen molar-refractivity contribution in [3.63, 3.8) is 0 Å². The molecule has 2 N–H and O–H groups in total. The first-order chi connectivity index (χ1) is 18.3. The lowest BCUT2D eigenvalue weighted by molar-refractivity contribution is -0.174. The lowest BCUT2D eigenvalue weighted by Gasteiger charge is -2.62. The maximum atomic E-state index is 12.8. The lowest BCUT2D eigenvalue weighted by Crippen LogP contribution is -2.58. The Balaban J connectivity index is 1.25. The van der Waals surface area contributed by atoms with Crippen molar-refractivity contribution in [3.8, 4) is 5.75 Å². The van der Waals surface area contributed by atoms with E-state index in [0.717, 1.165) is 51.4 Å². The Kier molecular flexibility index (Phi) is 8.83. The van der Waals surface area contributed by atoms with Crippen molar-refractivity contribution in [1.82, 2.24) is 0 Å². The summed E-state index contributed by atoms with van der Waals surface area (Å²) in [5.41, 5.74) is 0.362. The van der Waals surface area contributed by atoms with Gasteiger partial charge in [0.2, 0.25) is 0 Å². The number of carbonyl (C=O) groups excluding carboxylic acids is 1. The molecule has 0 saturated heterocycles. The average Bonchev–Trinajstić information content (AvgIpc) is 3.25. The molecule has 1 aromatic rings. The van der Waals surface area contributed by atoms with Crippen LogP contribution in [0.3, 0.4) is 0 Å². The van der Waals surface area contributed by atoms with Gasteiger partial charge in [-0.1, -0.05) is 78.8 Å². The van der Waals surface area contributed by atoms with Crippen molar-refractivity contribution in [1.29, 1.82) is 0 Å². The van der Waals surface area contributed by atoms with E-state index in [9.17, 15) is 15.0 Å². The molecule has 0 aliphatic heterocycles. The third-order valence-electron chi connectivity index (χ3n) is 11.6. The summed E-state index contributed by atoms with van der Waals surface area (Å²) >= 11 is 30.8. The molecule has 4 saturated carbocycles. The Bertz CT molecular complexity index is 1100. The minimum absolute atomic E-state index is 0.00101. The number of hydrogen-bond donors (Lipinski definition) is 2. The number of aliphatic hydroxyl groups excluding tert-OH is 2. The highest BCUT2D eigenvalue weighted by Gasteiger charge is 2.62. The highest BCUT2D eigenvalue weighted by molar-refractivity contribution is 6.55. The Morgan fingerprint density at radius 1 is 0.872 bits per heavy atom. The van der Waals surface area contributed by atoms with Crippen LogP contribution in [0.15, 0.2) is 0 Å². The summed E-state index contributed by atoms with van der Waals surface area (Å²) in [5.74, 6) is 2.05. The van der Waals surface area contributed by atoms with Gasteiger partial charge in [0.15, 0.2) is 5.75 Å². The first-order valence-electron chi connectivity index (χ1n) is 14.4. The lowest BCUT2D eigenvalue weighted by atomic mass is 9.43. The zero-order chi connectivity index (χ0) is 28.4. The van der Waals surface area contributed by atoms with E-state index in [4.69, 9.17) is 62.7 Å². The molecule has 0 unspecified atom stereocenters. The number of hydrogen-bond acceptors (Lipinski definition) is 4. The van der Waals surface area contributed by atoms with Gasteiger partial charge in [0.1, 0.15) is 10.0 Å². The quantitative estimate of drug-likeness (QED) is 0.146. The van der Waals surface area contributed by atoms with E-state index in [2.05, 4.69) is 20.8 Å². The van der Waals surface area contributed by atoms with E-state index in [1.54, 1.807) is 0 Å². The van der Waals surface area contributed by atoms with Crippen molar-refractivity contribution in [2.45, 2.75) is 97.2 Å². The van der Waals surface area contributed by atoms with Gasteiger partial charge in [0.05, 0.1) is 27.3 Å². The molecule has 4 fully saturated rings. The Morgan fingerprint density at radius 2 is 1.46 bits per heavy atom. The van der Waals surface area contributed by atoms with Gasteiger partial charge in [-0.05, 0) is 104 Å². The zero-order valence-corrected chi connectivity index (χ0v) is 26.6. The smallest absolute Gasteiger partial charge is 0.311 e. The van der Waals surface area contributed by atoms with Crippen LogP contribution in [0.4, 0.5) is 0 Å². The van der Waals surface area contributed by atoms with Gasteiger partial charge < -0.3 is 14.9 Å². The fraction of sp³-hybridized carbons (Fsp3) is 0.767. The summed E-state index contributed by atoms with van der Waals surface area (Å²) in [6.45, 7) is 7.12. The first-order valence-corrected chi connectivity index (χ1v) is 16.3. The highest BCUT2D eigenvalue weighted by Crippen LogP contribution is 2.68. The zero-order valence-electron chi connectivity index (χ0n) is 22.8. The van der Waals surface area contributed by atoms with E-state index in [1.807, 2.05) is 0 Å². The third kappa shape index (κ3) is 5.15. The highest BCUT2D eigenvalue weighted by atomic mass is 35.5. The van der Waals surface area contributed by atoms with Crippen LogP contribution in [0.25, 0.3) is 0 Å². The Labute approximate surface area is 257 Å². The van der Waals surface area contributed by atoms with Gasteiger partial charge in [0, 0.05) is 6.42 Å². The molecule has 1 aromatic carbocycles. The summed E-state index contributed by atoms with van der Waals surface area (Å²) in [4.78, 5) is 12.8. The molecule has 218 valence electrons. The number of fused-ring (bicyclic) bond motifs is 5. The van der Waals surface area contributed by atoms with Gasteiger partial charge in [-0.15, -0.1) is 0 Å². The third-order valence-corrected chi connectivity index (χ3v) is 13.8. The van der Waals surface area contributed by atoms with Crippen LogP contribution in [0, 0.1) is 46.3 Å². The molecule has 0 spiro atoms. The normalized spacial score (nSPS) is 40.4. The van der Waals surface area contributed by atoms with Crippen LogP contribution in [0.5, 0.6) is 5.75 Å². The molecular weight excluding hydrogens is 602 g/mol. The number of rotatable bonds is 5. The second kappa shape index (κ2) is 11.3. The summed E-state index contributed by atoms with van der Waals surface area (Å²) in [6.07, 6.45) is 8.54. The fourth-order valence-electron chi connectivity index (χ4n) is 9.56. The predicted octanol–water partition coefficient (Wildman–Crippen LogP) is 9.27. The predicted molar refractivity (Wildman–Crippen MR) is 158 cm³/mol. The number of esters is 1. The number of halogens is 5. The summed E-state index contributed by atoms with van der Waals surface area (Å²) in [5, 5.41) is 21.7. The monoisotopic (exact) mass is 638 g/mol. The molecule has 4 aliphatic carbocycles. The molecule has 4 nitrogen and oxygen atoms in total. The number of carbonyl (C=O) groups is 1. The molecule has 0 heterocycles. The molecule has 10 atom stereocenters. The van der Waals surface area contributed by atoms with Crippen LogP contribution in [-0.4, -0.2) is 28.4 Å². The van der Waals surface area contributed by atoms with Gasteiger partial charge in [-0.25, -0.2) is 0 Å². The van der Waals surface area contributed by atoms with Gasteiger partial charge in [0.25, 0.3) is 0 Å². The van der Waals surface area contributed by atoms with Crippen molar-refractivity contribution < 1.29 is 19.7 Å². The molecule has 0 radical (unpaired) electrons. The van der Waals surface area contributed by atoms with E-state index in [1.165, 1.54) is 0 Å². The number of ether oxygens (including phenoxy) is 1. The van der Waals surface area contributed by atoms with Crippen LogP contribution < -0.4 is 4.74 Å². The van der Waals surface area contributed by atoms with Crippen molar-refractivity contribution >= 4 is 64.0 Å². The molecule has 0 aromatic heterocycles. The van der Waals surface area contributed by atoms with Gasteiger partial charge in [-0.2, -0.15) is 0 Å². The largest absolute Gasteiger partial charge is 0.423 e. The maximum Gasteiger partial charge on any atom is 0.311 e. The maximum absolute atomic E-state index is 12.8. The summed E-state index contributed by atoms with van der Waals surface area (Å²) in [6, 6.07) is 0. The fourth-order valence-corrected chi connectivity index (χ4v) is 10.8.